The number of carbonyl (C=O) groups is 1. The zero-order valence-electron chi connectivity index (χ0n) is 9.94. The standard InChI is InChI=1S/C12H9N3OS3/c1-15-3-5-18-12(15)14-10(16)9-7-19-11(13-9)8-2-4-17-6-8/h2-7H,1H3. The smallest absolute Gasteiger partial charge is 0.299 e. The summed E-state index contributed by atoms with van der Waals surface area (Å²) < 4.78 is 1.81. The van der Waals surface area contributed by atoms with Gasteiger partial charge in [0, 0.05) is 34.9 Å². The number of hydrogen-bond acceptors (Lipinski definition) is 5. The maximum Gasteiger partial charge on any atom is 0.299 e. The third-order valence-corrected chi connectivity index (χ3v) is 4.87. The summed E-state index contributed by atoms with van der Waals surface area (Å²) in [6.45, 7) is 0. The lowest BCUT2D eigenvalue weighted by Crippen LogP contribution is -2.12. The lowest BCUT2D eigenvalue weighted by atomic mass is 10.3. The van der Waals surface area contributed by atoms with E-state index in [1.54, 1.807) is 16.7 Å². The monoisotopic (exact) mass is 307 g/mol. The predicted molar refractivity (Wildman–Crippen MR) is 78.6 cm³/mol. The lowest BCUT2D eigenvalue weighted by molar-refractivity contribution is 0.0994. The second kappa shape index (κ2) is 5.20. The molecule has 3 aromatic rings. The van der Waals surface area contributed by atoms with Crippen molar-refractivity contribution in [3.05, 3.63) is 44.3 Å². The Bertz CT molecular complexity index is 764. The molecular weight excluding hydrogens is 298 g/mol. The van der Waals surface area contributed by atoms with Gasteiger partial charge in [0.25, 0.3) is 5.91 Å². The molecule has 0 aliphatic heterocycles. The molecule has 0 saturated heterocycles. The van der Waals surface area contributed by atoms with Crippen molar-refractivity contribution in [2.45, 2.75) is 0 Å². The number of amides is 1. The van der Waals surface area contributed by atoms with E-state index in [0.717, 1.165) is 10.6 Å². The number of thiazole rings is 2. The Labute approximate surface area is 121 Å². The summed E-state index contributed by atoms with van der Waals surface area (Å²) in [5.74, 6) is -0.296. The first-order valence-electron chi connectivity index (χ1n) is 5.41. The van der Waals surface area contributed by atoms with Gasteiger partial charge in [0.2, 0.25) is 0 Å². The van der Waals surface area contributed by atoms with Crippen LogP contribution in [0.25, 0.3) is 10.6 Å². The highest BCUT2D eigenvalue weighted by molar-refractivity contribution is 7.14. The molecule has 3 aromatic heterocycles. The summed E-state index contributed by atoms with van der Waals surface area (Å²) in [7, 11) is 1.86. The van der Waals surface area contributed by atoms with Crippen molar-refractivity contribution in [3.8, 4) is 10.6 Å². The molecule has 3 rings (SSSR count). The Morgan fingerprint density at radius 1 is 1.32 bits per heavy atom. The molecule has 0 N–H and O–H groups in total. The number of nitrogens with zero attached hydrogens (tertiary/aromatic N) is 3. The van der Waals surface area contributed by atoms with E-state index in [4.69, 9.17) is 0 Å². The Kier molecular flexibility index (Phi) is 3.41. The van der Waals surface area contributed by atoms with E-state index in [0.29, 0.717) is 10.5 Å². The summed E-state index contributed by atoms with van der Waals surface area (Å²) >= 11 is 4.51. The SMILES string of the molecule is Cn1ccsc1=NC(=O)c1csc(-c2ccsc2)n1. The quantitative estimate of drug-likeness (QED) is 0.730. The minimum atomic E-state index is -0.296. The molecule has 19 heavy (non-hydrogen) atoms. The number of rotatable bonds is 2. The van der Waals surface area contributed by atoms with E-state index in [2.05, 4.69) is 9.98 Å². The number of hydrogen-bond donors (Lipinski definition) is 0. The number of aryl methyl sites for hydroxylation is 1. The minimum Gasteiger partial charge on any atom is -0.327 e. The Balaban J connectivity index is 1.92. The summed E-state index contributed by atoms with van der Waals surface area (Å²) in [5, 5.41) is 8.52. The summed E-state index contributed by atoms with van der Waals surface area (Å²) in [6, 6.07) is 1.99. The van der Waals surface area contributed by atoms with Crippen molar-refractivity contribution in [1.29, 1.82) is 0 Å². The van der Waals surface area contributed by atoms with Gasteiger partial charge in [0.05, 0.1) is 0 Å². The normalized spacial score (nSPS) is 11.9. The second-order valence-electron chi connectivity index (χ2n) is 3.76. The fraction of sp³-hybridized carbons (Fsp3) is 0.0833. The van der Waals surface area contributed by atoms with E-state index in [1.165, 1.54) is 22.7 Å². The van der Waals surface area contributed by atoms with Crippen LogP contribution in [0.3, 0.4) is 0 Å². The average Bonchev–Trinajstić information content (AvgIpc) is 3.09. The number of aromatic nitrogens is 2. The molecule has 0 radical (unpaired) electrons. The Hall–Kier alpha value is -1.57. The maximum absolute atomic E-state index is 12.0. The van der Waals surface area contributed by atoms with Crippen molar-refractivity contribution in [1.82, 2.24) is 9.55 Å². The van der Waals surface area contributed by atoms with Crippen molar-refractivity contribution in [3.63, 3.8) is 0 Å². The van der Waals surface area contributed by atoms with Crippen molar-refractivity contribution >= 4 is 39.9 Å². The van der Waals surface area contributed by atoms with Crippen LogP contribution < -0.4 is 4.80 Å². The molecule has 1 amide bonds. The Morgan fingerprint density at radius 3 is 2.89 bits per heavy atom. The molecule has 0 aliphatic carbocycles. The van der Waals surface area contributed by atoms with Gasteiger partial charge >= 0.3 is 0 Å². The van der Waals surface area contributed by atoms with Crippen LogP contribution in [0.4, 0.5) is 0 Å². The molecule has 0 aliphatic rings. The van der Waals surface area contributed by atoms with Gasteiger partial charge in [0.1, 0.15) is 10.7 Å². The molecule has 0 fully saturated rings. The van der Waals surface area contributed by atoms with E-state index >= 15 is 0 Å². The molecule has 7 heteroatoms. The molecule has 0 saturated carbocycles. The molecule has 0 spiro atoms. The fourth-order valence-electron chi connectivity index (χ4n) is 1.47. The van der Waals surface area contributed by atoms with Gasteiger partial charge in [0.15, 0.2) is 4.80 Å². The second-order valence-corrected chi connectivity index (χ2v) is 6.27. The summed E-state index contributed by atoms with van der Waals surface area (Å²) in [5.41, 5.74) is 1.45. The van der Waals surface area contributed by atoms with Gasteiger partial charge in [-0.3, -0.25) is 4.79 Å². The largest absolute Gasteiger partial charge is 0.327 e. The molecule has 96 valence electrons. The van der Waals surface area contributed by atoms with Crippen LogP contribution in [-0.4, -0.2) is 15.5 Å². The van der Waals surface area contributed by atoms with Gasteiger partial charge in [-0.25, -0.2) is 4.98 Å². The third kappa shape index (κ3) is 2.58. The average molecular weight is 307 g/mol. The molecule has 0 atom stereocenters. The van der Waals surface area contributed by atoms with E-state index in [9.17, 15) is 4.79 Å². The topological polar surface area (TPSA) is 47.2 Å². The zero-order valence-corrected chi connectivity index (χ0v) is 12.4. The van der Waals surface area contributed by atoms with Gasteiger partial charge in [-0.1, -0.05) is 0 Å². The number of thiophene rings is 1. The zero-order chi connectivity index (χ0) is 13.2. The van der Waals surface area contributed by atoms with Gasteiger partial charge in [-0.2, -0.15) is 16.3 Å². The lowest BCUT2D eigenvalue weighted by Gasteiger charge is -1.90. The van der Waals surface area contributed by atoms with Crippen LogP contribution in [0, 0.1) is 0 Å². The molecule has 0 aromatic carbocycles. The van der Waals surface area contributed by atoms with E-state index in [1.807, 2.05) is 40.0 Å². The first-order valence-corrected chi connectivity index (χ1v) is 8.11. The molecule has 0 unspecified atom stereocenters. The van der Waals surface area contributed by atoms with Crippen LogP contribution >= 0.6 is 34.0 Å². The highest BCUT2D eigenvalue weighted by Gasteiger charge is 2.11. The minimum absolute atomic E-state index is 0.296. The summed E-state index contributed by atoms with van der Waals surface area (Å²) in [6.07, 6.45) is 1.87. The van der Waals surface area contributed by atoms with Crippen LogP contribution in [0.5, 0.6) is 0 Å². The van der Waals surface area contributed by atoms with Crippen LogP contribution in [-0.2, 0) is 7.05 Å². The summed E-state index contributed by atoms with van der Waals surface area (Å²) in [4.78, 5) is 21.1. The van der Waals surface area contributed by atoms with Crippen LogP contribution in [0.1, 0.15) is 10.5 Å². The van der Waals surface area contributed by atoms with Gasteiger partial charge < -0.3 is 4.57 Å². The Morgan fingerprint density at radius 2 is 2.21 bits per heavy atom. The van der Waals surface area contributed by atoms with Crippen molar-refractivity contribution in [2.75, 3.05) is 0 Å². The fourth-order valence-corrected chi connectivity index (χ4v) is 3.70. The van der Waals surface area contributed by atoms with Crippen LogP contribution in [0.2, 0.25) is 0 Å². The van der Waals surface area contributed by atoms with E-state index < -0.39 is 0 Å². The van der Waals surface area contributed by atoms with Gasteiger partial charge in [-0.15, -0.1) is 22.7 Å². The molecule has 4 nitrogen and oxygen atoms in total. The highest BCUT2D eigenvalue weighted by atomic mass is 32.1. The first-order chi connectivity index (χ1) is 9.24. The number of carbonyl (C=O) groups excluding carboxylic acids is 1. The van der Waals surface area contributed by atoms with Gasteiger partial charge in [-0.05, 0) is 11.4 Å². The van der Waals surface area contributed by atoms with Crippen LogP contribution in [0.15, 0.2) is 38.8 Å². The third-order valence-electron chi connectivity index (χ3n) is 2.45. The highest BCUT2D eigenvalue weighted by Crippen LogP contribution is 2.25. The van der Waals surface area contributed by atoms with E-state index in [-0.39, 0.29) is 5.91 Å². The first kappa shape index (κ1) is 12.5. The predicted octanol–water partition coefficient (Wildman–Crippen LogP) is 3.01. The van der Waals surface area contributed by atoms with Crippen molar-refractivity contribution in [2.24, 2.45) is 12.0 Å². The molecule has 3 heterocycles. The maximum atomic E-state index is 12.0. The molecule has 0 bridgehead atoms. The van der Waals surface area contributed by atoms with Crippen molar-refractivity contribution < 1.29 is 4.79 Å². The molecular formula is C12H9N3OS3.